The number of hydrogen-bond donors (Lipinski definition) is 2. The van der Waals surface area contributed by atoms with Crippen LogP contribution in [0.3, 0.4) is 0 Å². The summed E-state index contributed by atoms with van der Waals surface area (Å²) in [6.07, 6.45) is 3.23. The first-order valence-corrected chi connectivity index (χ1v) is 7.72. The standard InChI is InChI=1S/C12H21N3O2S/c1-11-5-6-12(9-14-11)10-15-18(16,17)8-4-3-7-13-2/h5-6,9,13,15H,3-4,7-8,10H2,1-2H3. The minimum atomic E-state index is -3.18. The van der Waals surface area contributed by atoms with Crippen molar-refractivity contribution in [3.63, 3.8) is 0 Å². The third-order valence-electron chi connectivity index (χ3n) is 2.56. The molecular formula is C12H21N3O2S. The number of pyridine rings is 1. The highest BCUT2D eigenvalue weighted by molar-refractivity contribution is 7.89. The monoisotopic (exact) mass is 271 g/mol. The molecule has 0 aromatic carbocycles. The molecule has 0 fully saturated rings. The summed E-state index contributed by atoms with van der Waals surface area (Å²) in [6, 6.07) is 3.75. The first kappa shape index (κ1) is 15.1. The Kier molecular flexibility index (Phi) is 6.24. The molecule has 18 heavy (non-hydrogen) atoms. The van der Waals surface area contributed by atoms with Gasteiger partial charge in [0.25, 0.3) is 0 Å². The van der Waals surface area contributed by atoms with Crippen molar-refractivity contribution >= 4 is 10.0 Å². The SMILES string of the molecule is CNCCCCS(=O)(=O)NCc1ccc(C)nc1. The first-order chi connectivity index (χ1) is 8.53. The van der Waals surface area contributed by atoms with Gasteiger partial charge in [-0.25, -0.2) is 13.1 Å². The molecule has 0 unspecified atom stereocenters. The molecule has 0 radical (unpaired) electrons. The Bertz CT molecular complexity index is 443. The zero-order valence-electron chi connectivity index (χ0n) is 10.9. The van der Waals surface area contributed by atoms with Crippen LogP contribution in [0.15, 0.2) is 18.3 Å². The van der Waals surface area contributed by atoms with Crippen molar-refractivity contribution in [1.82, 2.24) is 15.0 Å². The third-order valence-corrected chi connectivity index (χ3v) is 3.97. The van der Waals surface area contributed by atoms with Gasteiger partial charge in [-0.05, 0) is 45.0 Å². The molecule has 102 valence electrons. The van der Waals surface area contributed by atoms with E-state index in [9.17, 15) is 8.42 Å². The summed E-state index contributed by atoms with van der Waals surface area (Å²) < 4.78 is 25.9. The maximum Gasteiger partial charge on any atom is 0.211 e. The van der Waals surface area contributed by atoms with E-state index in [1.54, 1.807) is 6.20 Å². The molecule has 0 aliphatic rings. The van der Waals surface area contributed by atoms with E-state index >= 15 is 0 Å². The van der Waals surface area contributed by atoms with E-state index in [0.29, 0.717) is 13.0 Å². The number of aryl methyl sites for hydroxylation is 1. The molecule has 0 saturated carbocycles. The lowest BCUT2D eigenvalue weighted by Crippen LogP contribution is -2.26. The number of nitrogens with one attached hydrogen (secondary N) is 2. The minimum Gasteiger partial charge on any atom is -0.320 e. The lowest BCUT2D eigenvalue weighted by molar-refractivity contribution is 0.575. The van der Waals surface area contributed by atoms with Crippen molar-refractivity contribution in [2.75, 3.05) is 19.3 Å². The summed E-state index contributed by atoms with van der Waals surface area (Å²) in [5, 5.41) is 2.99. The van der Waals surface area contributed by atoms with Gasteiger partial charge in [0, 0.05) is 18.4 Å². The van der Waals surface area contributed by atoms with Crippen LogP contribution in [0.1, 0.15) is 24.1 Å². The molecule has 0 atom stereocenters. The molecule has 1 aromatic heterocycles. The molecule has 0 aliphatic carbocycles. The number of sulfonamides is 1. The van der Waals surface area contributed by atoms with Crippen molar-refractivity contribution in [1.29, 1.82) is 0 Å². The van der Waals surface area contributed by atoms with Gasteiger partial charge in [-0.1, -0.05) is 6.07 Å². The normalized spacial score (nSPS) is 11.7. The maximum absolute atomic E-state index is 11.7. The summed E-state index contributed by atoms with van der Waals surface area (Å²) in [5.41, 5.74) is 1.80. The summed E-state index contributed by atoms with van der Waals surface area (Å²) in [6.45, 7) is 3.05. The molecule has 0 aliphatic heterocycles. The van der Waals surface area contributed by atoms with Crippen LogP contribution in [0.2, 0.25) is 0 Å². The molecule has 5 nitrogen and oxygen atoms in total. The van der Waals surface area contributed by atoms with Crippen LogP contribution >= 0.6 is 0 Å². The number of unbranched alkanes of at least 4 members (excludes halogenated alkanes) is 1. The molecule has 2 N–H and O–H groups in total. The Balaban J connectivity index is 2.34. The lowest BCUT2D eigenvalue weighted by Gasteiger charge is -2.06. The zero-order chi connectivity index (χ0) is 13.4. The van der Waals surface area contributed by atoms with Gasteiger partial charge < -0.3 is 5.32 Å². The van der Waals surface area contributed by atoms with E-state index in [1.165, 1.54) is 0 Å². The number of rotatable bonds is 8. The summed E-state index contributed by atoms with van der Waals surface area (Å²) in [7, 11) is -1.32. The van der Waals surface area contributed by atoms with Gasteiger partial charge >= 0.3 is 0 Å². The molecule has 1 aromatic rings. The first-order valence-electron chi connectivity index (χ1n) is 6.07. The Morgan fingerprint density at radius 1 is 1.28 bits per heavy atom. The molecule has 1 rings (SSSR count). The van der Waals surface area contributed by atoms with E-state index in [-0.39, 0.29) is 5.75 Å². The Morgan fingerprint density at radius 3 is 2.67 bits per heavy atom. The second-order valence-electron chi connectivity index (χ2n) is 4.26. The van der Waals surface area contributed by atoms with E-state index in [0.717, 1.165) is 24.2 Å². The van der Waals surface area contributed by atoms with Crippen LogP contribution in [0, 0.1) is 6.92 Å². The van der Waals surface area contributed by atoms with E-state index in [1.807, 2.05) is 26.1 Å². The minimum absolute atomic E-state index is 0.175. The average Bonchev–Trinajstić information content (AvgIpc) is 2.34. The van der Waals surface area contributed by atoms with Crippen molar-refractivity contribution < 1.29 is 8.42 Å². The summed E-state index contributed by atoms with van der Waals surface area (Å²) in [5.74, 6) is 0.175. The maximum atomic E-state index is 11.7. The molecule has 0 bridgehead atoms. The number of nitrogens with zero attached hydrogens (tertiary/aromatic N) is 1. The van der Waals surface area contributed by atoms with Gasteiger partial charge in [0.1, 0.15) is 0 Å². The lowest BCUT2D eigenvalue weighted by atomic mass is 10.2. The van der Waals surface area contributed by atoms with Gasteiger partial charge in [-0.3, -0.25) is 4.98 Å². The summed E-state index contributed by atoms with van der Waals surface area (Å²) >= 11 is 0. The highest BCUT2D eigenvalue weighted by Crippen LogP contribution is 2.01. The highest BCUT2D eigenvalue weighted by Gasteiger charge is 2.09. The average molecular weight is 271 g/mol. The van der Waals surface area contributed by atoms with E-state index < -0.39 is 10.0 Å². The summed E-state index contributed by atoms with van der Waals surface area (Å²) in [4.78, 5) is 4.12. The van der Waals surface area contributed by atoms with Crippen LogP contribution in [0.5, 0.6) is 0 Å². The van der Waals surface area contributed by atoms with Crippen LogP contribution in [-0.2, 0) is 16.6 Å². The predicted octanol–water partition coefficient (Wildman–Crippen LogP) is 0.809. The Morgan fingerprint density at radius 2 is 2.06 bits per heavy atom. The second kappa shape index (κ2) is 7.45. The van der Waals surface area contributed by atoms with Gasteiger partial charge in [-0.15, -0.1) is 0 Å². The van der Waals surface area contributed by atoms with E-state index in [2.05, 4.69) is 15.0 Å². The van der Waals surface area contributed by atoms with Gasteiger partial charge in [0.15, 0.2) is 0 Å². The van der Waals surface area contributed by atoms with Gasteiger partial charge in [0.2, 0.25) is 10.0 Å². The van der Waals surface area contributed by atoms with Crippen LogP contribution in [0.25, 0.3) is 0 Å². The Hall–Kier alpha value is -0.980. The van der Waals surface area contributed by atoms with Gasteiger partial charge in [0.05, 0.1) is 5.75 Å². The smallest absolute Gasteiger partial charge is 0.211 e. The van der Waals surface area contributed by atoms with Crippen molar-refractivity contribution in [2.45, 2.75) is 26.3 Å². The quantitative estimate of drug-likeness (QED) is 0.686. The highest BCUT2D eigenvalue weighted by atomic mass is 32.2. The van der Waals surface area contributed by atoms with Crippen LogP contribution in [0.4, 0.5) is 0 Å². The second-order valence-corrected chi connectivity index (χ2v) is 6.18. The molecule has 1 heterocycles. The molecule has 0 amide bonds. The fourth-order valence-corrected chi connectivity index (χ4v) is 2.58. The van der Waals surface area contributed by atoms with E-state index in [4.69, 9.17) is 0 Å². The Labute approximate surface area is 109 Å². The topological polar surface area (TPSA) is 71.1 Å². The zero-order valence-corrected chi connectivity index (χ0v) is 11.8. The molecule has 0 saturated heterocycles. The molecule has 6 heteroatoms. The molecular weight excluding hydrogens is 250 g/mol. The number of hydrogen-bond acceptors (Lipinski definition) is 4. The fourth-order valence-electron chi connectivity index (χ4n) is 1.46. The van der Waals surface area contributed by atoms with Gasteiger partial charge in [-0.2, -0.15) is 0 Å². The number of aromatic nitrogens is 1. The van der Waals surface area contributed by atoms with Crippen LogP contribution < -0.4 is 10.0 Å². The van der Waals surface area contributed by atoms with Crippen molar-refractivity contribution in [2.24, 2.45) is 0 Å². The van der Waals surface area contributed by atoms with Crippen LogP contribution in [-0.4, -0.2) is 32.7 Å². The largest absolute Gasteiger partial charge is 0.320 e. The fraction of sp³-hybridized carbons (Fsp3) is 0.583. The van der Waals surface area contributed by atoms with Crippen molar-refractivity contribution in [3.8, 4) is 0 Å². The third kappa shape index (κ3) is 6.09. The predicted molar refractivity (Wildman–Crippen MR) is 72.8 cm³/mol. The van der Waals surface area contributed by atoms with Crippen molar-refractivity contribution in [3.05, 3.63) is 29.6 Å². The molecule has 0 spiro atoms.